The van der Waals surface area contributed by atoms with Gasteiger partial charge in [-0.2, -0.15) is 0 Å². The van der Waals surface area contributed by atoms with Crippen molar-refractivity contribution >= 4 is 17.6 Å². The van der Waals surface area contributed by atoms with Crippen molar-refractivity contribution in [1.29, 1.82) is 0 Å². The van der Waals surface area contributed by atoms with E-state index in [1.165, 1.54) is 0 Å². The zero-order valence-electron chi connectivity index (χ0n) is 10.5. The van der Waals surface area contributed by atoms with Crippen LogP contribution in [0.3, 0.4) is 0 Å². The lowest BCUT2D eigenvalue weighted by Gasteiger charge is -2.09. The van der Waals surface area contributed by atoms with Gasteiger partial charge in [-0.25, -0.2) is 0 Å². The first-order valence-corrected chi connectivity index (χ1v) is 6.34. The monoisotopic (exact) mass is 263 g/mol. The largest absolute Gasteiger partial charge is 0.357 e. The summed E-state index contributed by atoms with van der Waals surface area (Å²) in [7, 11) is 0. The molecule has 1 aromatic carbocycles. The second kappa shape index (κ2) is 8.43. The summed E-state index contributed by atoms with van der Waals surface area (Å²) in [5.74, 6) is 3.26. The van der Waals surface area contributed by atoms with Crippen molar-refractivity contribution in [2.24, 2.45) is 4.99 Å². The highest BCUT2D eigenvalue weighted by Crippen LogP contribution is 2.15. The molecule has 0 aromatic heterocycles. The molecule has 0 spiro atoms. The average molecular weight is 264 g/mol. The predicted octanol–water partition coefficient (Wildman–Crippen LogP) is 2.07. The lowest BCUT2D eigenvalue weighted by Crippen LogP contribution is -2.37. The molecule has 1 aromatic rings. The Bertz CT molecular complexity index is 435. The van der Waals surface area contributed by atoms with E-state index in [0.717, 1.165) is 29.5 Å². The molecule has 0 unspecified atom stereocenters. The molecule has 4 heteroatoms. The van der Waals surface area contributed by atoms with Crippen LogP contribution in [0.25, 0.3) is 0 Å². The van der Waals surface area contributed by atoms with Gasteiger partial charge in [0.15, 0.2) is 5.96 Å². The summed E-state index contributed by atoms with van der Waals surface area (Å²) in [5.41, 5.74) is 1.11. The second-order valence-electron chi connectivity index (χ2n) is 3.66. The molecule has 0 saturated heterocycles. The molecular formula is C14H18ClN3. The third-order valence-electron chi connectivity index (χ3n) is 2.31. The zero-order chi connectivity index (χ0) is 13.2. The van der Waals surface area contributed by atoms with E-state index in [9.17, 15) is 0 Å². The van der Waals surface area contributed by atoms with Gasteiger partial charge < -0.3 is 10.6 Å². The molecule has 0 amide bonds. The fourth-order valence-corrected chi connectivity index (χ4v) is 1.70. The molecule has 0 aliphatic carbocycles. The van der Waals surface area contributed by atoms with Crippen LogP contribution in [-0.2, 0) is 6.42 Å². The van der Waals surface area contributed by atoms with Crippen molar-refractivity contribution in [3.63, 3.8) is 0 Å². The zero-order valence-corrected chi connectivity index (χ0v) is 11.3. The number of aliphatic imine (C=N–C) groups is 1. The van der Waals surface area contributed by atoms with Crippen molar-refractivity contribution in [2.75, 3.05) is 19.6 Å². The summed E-state index contributed by atoms with van der Waals surface area (Å²) in [6, 6.07) is 7.81. The van der Waals surface area contributed by atoms with E-state index in [-0.39, 0.29) is 0 Å². The van der Waals surface area contributed by atoms with Crippen LogP contribution < -0.4 is 10.6 Å². The maximum absolute atomic E-state index is 6.08. The van der Waals surface area contributed by atoms with Crippen LogP contribution in [0.5, 0.6) is 0 Å². The van der Waals surface area contributed by atoms with E-state index in [1.807, 2.05) is 31.2 Å². The predicted molar refractivity (Wildman–Crippen MR) is 78.0 cm³/mol. The molecule has 0 saturated carbocycles. The van der Waals surface area contributed by atoms with Crippen molar-refractivity contribution in [3.05, 3.63) is 34.9 Å². The number of hydrogen-bond acceptors (Lipinski definition) is 1. The number of guanidine groups is 1. The number of rotatable bonds is 5. The van der Waals surface area contributed by atoms with Crippen LogP contribution in [0.15, 0.2) is 29.3 Å². The minimum absolute atomic E-state index is 0.470. The summed E-state index contributed by atoms with van der Waals surface area (Å²) in [6.07, 6.45) is 6.01. The summed E-state index contributed by atoms with van der Waals surface area (Å²) < 4.78 is 0. The molecule has 0 fully saturated rings. The first kappa shape index (κ1) is 14.4. The molecular weight excluding hydrogens is 246 g/mol. The Balaban J connectivity index is 2.50. The van der Waals surface area contributed by atoms with Crippen LogP contribution in [0.4, 0.5) is 0 Å². The topological polar surface area (TPSA) is 36.4 Å². The second-order valence-corrected chi connectivity index (χ2v) is 4.07. The molecule has 0 aliphatic heterocycles. The molecule has 0 atom stereocenters. The molecule has 0 bridgehead atoms. The molecule has 18 heavy (non-hydrogen) atoms. The van der Waals surface area contributed by atoms with Gasteiger partial charge >= 0.3 is 0 Å². The highest BCUT2D eigenvalue weighted by molar-refractivity contribution is 6.31. The standard InChI is InChI=1S/C14H18ClN3/c1-3-10-17-14(16-4-2)18-11-9-12-7-5-6-8-13(12)15/h1,5-8H,4,9-11H2,2H3,(H2,16,17,18). The number of nitrogens with zero attached hydrogens (tertiary/aromatic N) is 1. The summed E-state index contributed by atoms with van der Waals surface area (Å²) in [4.78, 5) is 4.43. The maximum atomic E-state index is 6.08. The van der Waals surface area contributed by atoms with Crippen LogP contribution in [0, 0.1) is 12.3 Å². The van der Waals surface area contributed by atoms with E-state index in [1.54, 1.807) is 0 Å². The Morgan fingerprint density at radius 2 is 2.17 bits per heavy atom. The average Bonchev–Trinajstić information content (AvgIpc) is 2.38. The summed E-state index contributed by atoms with van der Waals surface area (Å²) in [5, 5.41) is 6.96. The van der Waals surface area contributed by atoms with Crippen molar-refractivity contribution in [1.82, 2.24) is 10.6 Å². The minimum Gasteiger partial charge on any atom is -0.357 e. The lowest BCUT2D eigenvalue weighted by atomic mass is 10.1. The number of benzene rings is 1. The van der Waals surface area contributed by atoms with Gasteiger partial charge in [0.25, 0.3) is 0 Å². The Hall–Kier alpha value is -1.66. The maximum Gasteiger partial charge on any atom is 0.192 e. The summed E-state index contributed by atoms with van der Waals surface area (Å²) >= 11 is 6.08. The van der Waals surface area contributed by atoms with Crippen molar-refractivity contribution in [3.8, 4) is 12.3 Å². The molecule has 1 rings (SSSR count). The Morgan fingerprint density at radius 1 is 1.39 bits per heavy atom. The smallest absolute Gasteiger partial charge is 0.192 e. The number of halogens is 1. The number of hydrogen-bond donors (Lipinski definition) is 2. The quantitative estimate of drug-likeness (QED) is 0.485. The Kier molecular flexibility index (Phi) is 6.75. The highest BCUT2D eigenvalue weighted by Gasteiger charge is 1.99. The molecule has 96 valence electrons. The summed E-state index contributed by atoms with van der Waals surface area (Å²) in [6.45, 7) is 3.96. The van der Waals surface area contributed by atoms with Gasteiger partial charge in [0.05, 0.1) is 6.54 Å². The van der Waals surface area contributed by atoms with Gasteiger partial charge in [-0.1, -0.05) is 35.7 Å². The highest BCUT2D eigenvalue weighted by atomic mass is 35.5. The number of terminal acetylenes is 1. The SMILES string of the molecule is C#CCNC(=NCCc1ccccc1Cl)NCC. The van der Waals surface area contributed by atoms with Gasteiger partial charge in [-0.3, -0.25) is 4.99 Å². The Labute approximate surface area is 114 Å². The van der Waals surface area contributed by atoms with Crippen molar-refractivity contribution in [2.45, 2.75) is 13.3 Å². The molecule has 0 aliphatic rings. The van der Waals surface area contributed by atoms with Gasteiger partial charge in [-0.15, -0.1) is 6.42 Å². The van der Waals surface area contributed by atoms with Crippen LogP contribution in [-0.4, -0.2) is 25.6 Å². The molecule has 0 radical (unpaired) electrons. The molecule has 3 nitrogen and oxygen atoms in total. The lowest BCUT2D eigenvalue weighted by molar-refractivity contribution is 0.855. The van der Waals surface area contributed by atoms with Crippen molar-refractivity contribution < 1.29 is 0 Å². The van der Waals surface area contributed by atoms with E-state index < -0.39 is 0 Å². The first-order valence-electron chi connectivity index (χ1n) is 5.97. The van der Waals surface area contributed by atoms with E-state index in [4.69, 9.17) is 18.0 Å². The normalized spacial score (nSPS) is 10.8. The third kappa shape index (κ3) is 5.11. The van der Waals surface area contributed by atoms with Crippen LogP contribution >= 0.6 is 11.6 Å². The Morgan fingerprint density at radius 3 is 2.83 bits per heavy atom. The number of nitrogens with one attached hydrogen (secondary N) is 2. The van der Waals surface area contributed by atoms with E-state index in [0.29, 0.717) is 13.1 Å². The molecule has 2 N–H and O–H groups in total. The van der Waals surface area contributed by atoms with E-state index in [2.05, 4.69) is 21.5 Å². The fourth-order valence-electron chi connectivity index (χ4n) is 1.47. The van der Waals surface area contributed by atoms with Crippen LogP contribution in [0.1, 0.15) is 12.5 Å². The van der Waals surface area contributed by atoms with Gasteiger partial charge in [0.2, 0.25) is 0 Å². The first-order chi connectivity index (χ1) is 8.77. The molecule has 0 heterocycles. The van der Waals surface area contributed by atoms with Gasteiger partial charge in [0, 0.05) is 18.1 Å². The minimum atomic E-state index is 0.470. The third-order valence-corrected chi connectivity index (χ3v) is 2.68. The fraction of sp³-hybridized carbons (Fsp3) is 0.357. The van der Waals surface area contributed by atoms with Crippen LogP contribution in [0.2, 0.25) is 5.02 Å². The van der Waals surface area contributed by atoms with Gasteiger partial charge in [0.1, 0.15) is 0 Å². The van der Waals surface area contributed by atoms with Gasteiger partial charge in [-0.05, 0) is 25.0 Å². The van der Waals surface area contributed by atoms with E-state index >= 15 is 0 Å².